The van der Waals surface area contributed by atoms with Gasteiger partial charge in [0.25, 0.3) is 0 Å². The zero-order valence-corrected chi connectivity index (χ0v) is 16.2. The highest BCUT2D eigenvalue weighted by atomic mass is 19.1. The molecule has 27 heavy (non-hydrogen) atoms. The van der Waals surface area contributed by atoms with Crippen molar-refractivity contribution in [1.82, 2.24) is 10.2 Å². The molecule has 0 radical (unpaired) electrons. The average molecular weight is 370 g/mol. The summed E-state index contributed by atoms with van der Waals surface area (Å²) in [5.41, 5.74) is 3.05. The molecule has 2 aromatic carbocycles. The normalized spacial score (nSPS) is 11.7. The van der Waals surface area contributed by atoms with Gasteiger partial charge in [-0.15, -0.1) is 0 Å². The van der Waals surface area contributed by atoms with Crippen LogP contribution in [0.25, 0.3) is 0 Å². The standard InChI is InChI=1S/C22H27FN2O2/c1-4-24-22(27)17(3)25(15-19-9-12-20(23)13-10-19)21(26)14-11-18-7-5-16(2)6-8-18/h5-10,12-13,17H,4,11,14-15H2,1-3H3,(H,24,27)/t17-/m1/s1. The van der Waals surface area contributed by atoms with Crippen molar-refractivity contribution in [2.75, 3.05) is 6.54 Å². The summed E-state index contributed by atoms with van der Waals surface area (Å²) >= 11 is 0. The summed E-state index contributed by atoms with van der Waals surface area (Å²) in [5.74, 6) is -0.616. The molecule has 0 saturated carbocycles. The van der Waals surface area contributed by atoms with Gasteiger partial charge in [-0.25, -0.2) is 4.39 Å². The molecule has 144 valence electrons. The van der Waals surface area contributed by atoms with E-state index in [1.54, 1.807) is 24.0 Å². The van der Waals surface area contributed by atoms with Gasteiger partial charge in [0.05, 0.1) is 0 Å². The largest absolute Gasteiger partial charge is 0.355 e. The van der Waals surface area contributed by atoms with Crippen LogP contribution < -0.4 is 5.32 Å². The van der Waals surface area contributed by atoms with E-state index in [4.69, 9.17) is 0 Å². The number of hydrogen-bond acceptors (Lipinski definition) is 2. The van der Waals surface area contributed by atoms with Crippen LogP contribution in [0.3, 0.4) is 0 Å². The maximum Gasteiger partial charge on any atom is 0.242 e. The van der Waals surface area contributed by atoms with Crippen molar-refractivity contribution >= 4 is 11.8 Å². The molecule has 0 bridgehead atoms. The molecule has 0 aliphatic rings. The van der Waals surface area contributed by atoms with E-state index < -0.39 is 6.04 Å². The monoisotopic (exact) mass is 370 g/mol. The third-order valence-electron chi connectivity index (χ3n) is 4.53. The summed E-state index contributed by atoms with van der Waals surface area (Å²) in [7, 11) is 0. The molecule has 2 amide bonds. The predicted octanol–water partition coefficient (Wildman–Crippen LogP) is 3.62. The van der Waals surface area contributed by atoms with Gasteiger partial charge in [0.2, 0.25) is 11.8 Å². The van der Waals surface area contributed by atoms with E-state index in [1.807, 2.05) is 38.1 Å². The van der Waals surface area contributed by atoms with Gasteiger partial charge in [-0.1, -0.05) is 42.0 Å². The lowest BCUT2D eigenvalue weighted by Gasteiger charge is -2.28. The van der Waals surface area contributed by atoms with Crippen LogP contribution in [0.5, 0.6) is 0 Å². The van der Waals surface area contributed by atoms with Crippen molar-refractivity contribution in [3.63, 3.8) is 0 Å². The summed E-state index contributed by atoms with van der Waals surface area (Å²) < 4.78 is 13.2. The minimum atomic E-state index is -0.597. The van der Waals surface area contributed by atoms with Crippen molar-refractivity contribution in [2.45, 2.75) is 46.2 Å². The van der Waals surface area contributed by atoms with E-state index in [2.05, 4.69) is 5.32 Å². The van der Waals surface area contributed by atoms with Gasteiger partial charge in [-0.2, -0.15) is 0 Å². The lowest BCUT2D eigenvalue weighted by molar-refractivity contribution is -0.140. The van der Waals surface area contributed by atoms with Gasteiger partial charge in [-0.3, -0.25) is 9.59 Å². The van der Waals surface area contributed by atoms with Gasteiger partial charge in [0, 0.05) is 19.5 Å². The van der Waals surface area contributed by atoms with Crippen LogP contribution in [0.2, 0.25) is 0 Å². The average Bonchev–Trinajstić information content (AvgIpc) is 2.66. The van der Waals surface area contributed by atoms with Crippen molar-refractivity contribution in [1.29, 1.82) is 0 Å². The second-order valence-electron chi connectivity index (χ2n) is 6.70. The van der Waals surface area contributed by atoms with E-state index in [1.165, 1.54) is 17.7 Å². The minimum Gasteiger partial charge on any atom is -0.355 e. The summed E-state index contributed by atoms with van der Waals surface area (Å²) in [6, 6.07) is 13.5. The first-order valence-electron chi connectivity index (χ1n) is 9.28. The predicted molar refractivity (Wildman–Crippen MR) is 105 cm³/mol. The molecule has 4 nitrogen and oxygen atoms in total. The summed E-state index contributed by atoms with van der Waals surface area (Å²) in [4.78, 5) is 26.7. The Bertz CT molecular complexity index is 757. The van der Waals surface area contributed by atoms with Crippen molar-refractivity contribution in [3.05, 3.63) is 71.0 Å². The molecule has 0 spiro atoms. The lowest BCUT2D eigenvalue weighted by atomic mass is 10.1. The molecule has 0 saturated heterocycles. The maximum absolute atomic E-state index is 13.2. The van der Waals surface area contributed by atoms with Crippen LogP contribution >= 0.6 is 0 Å². The third-order valence-corrected chi connectivity index (χ3v) is 4.53. The quantitative estimate of drug-likeness (QED) is 0.772. The highest BCUT2D eigenvalue weighted by molar-refractivity contribution is 5.87. The van der Waals surface area contributed by atoms with E-state index in [9.17, 15) is 14.0 Å². The van der Waals surface area contributed by atoms with Gasteiger partial charge >= 0.3 is 0 Å². The van der Waals surface area contributed by atoms with Gasteiger partial charge in [-0.05, 0) is 50.5 Å². The molecule has 0 aliphatic carbocycles. The molecular weight excluding hydrogens is 343 g/mol. The minimum absolute atomic E-state index is 0.0985. The Balaban J connectivity index is 2.11. The zero-order valence-electron chi connectivity index (χ0n) is 16.2. The first-order valence-corrected chi connectivity index (χ1v) is 9.28. The van der Waals surface area contributed by atoms with E-state index >= 15 is 0 Å². The number of nitrogens with zero attached hydrogens (tertiary/aromatic N) is 1. The number of carbonyl (C=O) groups excluding carboxylic acids is 2. The number of benzene rings is 2. The first kappa shape index (κ1) is 20.6. The fourth-order valence-corrected chi connectivity index (χ4v) is 2.84. The van der Waals surface area contributed by atoms with Crippen LogP contribution in [-0.2, 0) is 22.6 Å². The fourth-order valence-electron chi connectivity index (χ4n) is 2.84. The van der Waals surface area contributed by atoms with Crippen molar-refractivity contribution in [2.24, 2.45) is 0 Å². The summed E-state index contributed by atoms with van der Waals surface area (Å²) in [5, 5.41) is 2.76. The summed E-state index contributed by atoms with van der Waals surface area (Å²) in [6.45, 7) is 6.36. The highest BCUT2D eigenvalue weighted by Gasteiger charge is 2.25. The molecule has 0 unspecified atom stereocenters. The highest BCUT2D eigenvalue weighted by Crippen LogP contribution is 2.14. The van der Waals surface area contributed by atoms with E-state index in [0.717, 1.165) is 11.1 Å². The number of likely N-dealkylation sites (N-methyl/N-ethyl adjacent to an activating group) is 1. The number of halogens is 1. The molecule has 0 fully saturated rings. The molecule has 0 heterocycles. The molecule has 5 heteroatoms. The van der Waals surface area contributed by atoms with Crippen LogP contribution in [0.4, 0.5) is 4.39 Å². The van der Waals surface area contributed by atoms with Gasteiger partial charge in [0.1, 0.15) is 11.9 Å². The second kappa shape index (κ2) is 9.86. The lowest BCUT2D eigenvalue weighted by Crippen LogP contribution is -2.47. The molecule has 1 atom stereocenters. The molecule has 2 aromatic rings. The topological polar surface area (TPSA) is 49.4 Å². The van der Waals surface area contributed by atoms with Crippen LogP contribution in [0.15, 0.2) is 48.5 Å². The van der Waals surface area contributed by atoms with E-state index in [0.29, 0.717) is 19.4 Å². The Morgan fingerprint density at radius 2 is 1.63 bits per heavy atom. The number of rotatable bonds is 8. The van der Waals surface area contributed by atoms with Gasteiger partial charge < -0.3 is 10.2 Å². The Hall–Kier alpha value is -2.69. The number of carbonyl (C=O) groups is 2. The molecule has 0 aliphatic heterocycles. The SMILES string of the molecule is CCNC(=O)[C@@H](C)N(Cc1ccc(F)cc1)C(=O)CCc1ccc(C)cc1. The molecule has 1 N–H and O–H groups in total. The van der Waals surface area contributed by atoms with Crippen LogP contribution in [0.1, 0.15) is 37.0 Å². The number of nitrogens with one attached hydrogen (secondary N) is 1. The van der Waals surface area contributed by atoms with Crippen molar-refractivity contribution in [3.8, 4) is 0 Å². The summed E-state index contributed by atoms with van der Waals surface area (Å²) in [6.07, 6.45) is 0.926. The second-order valence-corrected chi connectivity index (χ2v) is 6.70. The Labute approximate surface area is 160 Å². The fraction of sp³-hybridized carbons (Fsp3) is 0.364. The van der Waals surface area contributed by atoms with Gasteiger partial charge in [0.15, 0.2) is 0 Å². The Morgan fingerprint density at radius 3 is 2.22 bits per heavy atom. The molecule has 0 aromatic heterocycles. The van der Waals surface area contributed by atoms with Crippen molar-refractivity contribution < 1.29 is 14.0 Å². The molecule has 2 rings (SSSR count). The zero-order chi connectivity index (χ0) is 19.8. The molecular formula is C22H27FN2O2. The van der Waals surface area contributed by atoms with E-state index in [-0.39, 0.29) is 24.2 Å². The van der Waals surface area contributed by atoms with Crippen LogP contribution in [0, 0.1) is 12.7 Å². The smallest absolute Gasteiger partial charge is 0.242 e. The number of aryl methyl sites for hydroxylation is 2. The Kier molecular flexibility index (Phi) is 7.53. The number of hydrogen-bond donors (Lipinski definition) is 1. The first-order chi connectivity index (χ1) is 12.9. The maximum atomic E-state index is 13.2. The number of amides is 2. The van der Waals surface area contributed by atoms with Crippen LogP contribution in [-0.4, -0.2) is 29.3 Å². The Morgan fingerprint density at radius 1 is 1.04 bits per heavy atom. The third kappa shape index (κ3) is 6.20.